The first kappa shape index (κ1) is 22.0. The number of likely N-dealkylation sites (tertiary alicyclic amines) is 1. The summed E-state index contributed by atoms with van der Waals surface area (Å²) in [6.07, 6.45) is 2.88. The summed E-state index contributed by atoms with van der Waals surface area (Å²) in [5.41, 5.74) is 6.54. The molecule has 3 rings (SSSR count). The number of piperidine rings is 1. The molecule has 2 amide bonds. The van der Waals surface area contributed by atoms with Crippen LogP contribution >= 0.6 is 11.3 Å². The number of carbonyl (C=O) groups is 2. The molecule has 1 fully saturated rings. The number of ether oxygens (including phenoxy) is 1. The fraction of sp³-hybridized carbons (Fsp3) is 0.429. The summed E-state index contributed by atoms with van der Waals surface area (Å²) in [7, 11) is 0. The third kappa shape index (κ3) is 5.47. The Kier molecular flexibility index (Phi) is 7.25. The number of amides is 2. The molecule has 0 radical (unpaired) electrons. The first-order chi connectivity index (χ1) is 14.4. The van der Waals surface area contributed by atoms with Crippen LogP contribution in [0.25, 0.3) is 10.4 Å². The Morgan fingerprint density at radius 2 is 2.00 bits per heavy atom. The first-order valence-electron chi connectivity index (χ1n) is 9.95. The SMILES string of the molecule is CCCCOC(=O)N1CCC[C@H](NC(=O)c2sc(-c3cc(F)cc(F)c3)cc2N)C1. The molecule has 1 aromatic carbocycles. The number of thiophene rings is 1. The van der Waals surface area contributed by atoms with Crippen LogP contribution in [0.2, 0.25) is 0 Å². The second-order valence-electron chi connectivity index (χ2n) is 7.28. The largest absolute Gasteiger partial charge is 0.449 e. The van der Waals surface area contributed by atoms with Crippen LogP contribution < -0.4 is 11.1 Å². The minimum Gasteiger partial charge on any atom is -0.449 e. The highest BCUT2D eigenvalue weighted by Crippen LogP contribution is 2.34. The molecule has 2 heterocycles. The molecule has 30 heavy (non-hydrogen) atoms. The summed E-state index contributed by atoms with van der Waals surface area (Å²) >= 11 is 1.07. The van der Waals surface area contributed by atoms with Crippen molar-refractivity contribution in [2.24, 2.45) is 0 Å². The highest BCUT2D eigenvalue weighted by molar-refractivity contribution is 7.18. The Morgan fingerprint density at radius 1 is 1.27 bits per heavy atom. The van der Waals surface area contributed by atoms with Crippen molar-refractivity contribution in [3.63, 3.8) is 0 Å². The van der Waals surface area contributed by atoms with E-state index in [-0.39, 0.29) is 28.6 Å². The van der Waals surface area contributed by atoms with Crippen LogP contribution in [0, 0.1) is 11.6 Å². The van der Waals surface area contributed by atoms with Crippen LogP contribution in [0.5, 0.6) is 0 Å². The topological polar surface area (TPSA) is 84.7 Å². The van der Waals surface area contributed by atoms with E-state index in [0.29, 0.717) is 30.1 Å². The van der Waals surface area contributed by atoms with Gasteiger partial charge in [0.15, 0.2) is 0 Å². The van der Waals surface area contributed by atoms with Crippen molar-refractivity contribution in [2.75, 3.05) is 25.4 Å². The number of unbranched alkanes of at least 4 members (excludes halogenated alkanes) is 1. The van der Waals surface area contributed by atoms with Gasteiger partial charge in [-0.25, -0.2) is 13.6 Å². The highest BCUT2D eigenvalue weighted by atomic mass is 32.1. The molecule has 0 saturated carbocycles. The van der Waals surface area contributed by atoms with Crippen molar-refractivity contribution < 1.29 is 23.1 Å². The van der Waals surface area contributed by atoms with E-state index in [0.717, 1.165) is 43.1 Å². The molecule has 0 bridgehead atoms. The lowest BCUT2D eigenvalue weighted by Crippen LogP contribution is -2.49. The summed E-state index contributed by atoms with van der Waals surface area (Å²) < 4.78 is 32.2. The lowest BCUT2D eigenvalue weighted by Gasteiger charge is -2.32. The molecule has 1 aliphatic heterocycles. The van der Waals surface area contributed by atoms with Crippen molar-refractivity contribution in [1.29, 1.82) is 0 Å². The lowest BCUT2D eigenvalue weighted by atomic mass is 10.1. The third-order valence-electron chi connectivity index (χ3n) is 4.85. The minimum atomic E-state index is -0.698. The van der Waals surface area contributed by atoms with Crippen molar-refractivity contribution in [1.82, 2.24) is 10.2 Å². The molecular weight excluding hydrogens is 412 g/mol. The summed E-state index contributed by atoms with van der Waals surface area (Å²) in [4.78, 5) is 27.3. The number of anilines is 1. The van der Waals surface area contributed by atoms with E-state index < -0.39 is 11.6 Å². The molecule has 2 aromatic rings. The predicted molar refractivity (Wildman–Crippen MR) is 112 cm³/mol. The number of hydrogen-bond acceptors (Lipinski definition) is 5. The van der Waals surface area contributed by atoms with E-state index in [1.54, 1.807) is 4.90 Å². The number of nitrogen functional groups attached to an aromatic ring is 1. The molecule has 9 heteroatoms. The second-order valence-corrected chi connectivity index (χ2v) is 8.33. The number of nitrogens with two attached hydrogens (primary N) is 1. The Hall–Kier alpha value is -2.68. The standard InChI is InChI=1S/C21H25F2N3O3S/c1-2-3-7-29-21(28)26-6-4-5-16(12-26)25-20(27)19-17(24)11-18(30-19)13-8-14(22)10-15(23)9-13/h8-11,16H,2-7,12,24H2,1H3,(H,25,27)/t16-/m0/s1. The maximum atomic E-state index is 13.5. The molecule has 3 N–H and O–H groups in total. The summed E-state index contributed by atoms with van der Waals surface area (Å²) in [6, 6.07) is 4.49. The molecule has 1 atom stereocenters. The van der Waals surface area contributed by atoms with E-state index in [2.05, 4.69) is 5.32 Å². The van der Waals surface area contributed by atoms with Gasteiger partial charge in [0.1, 0.15) is 16.5 Å². The van der Waals surface area contributed by atoms with Crippen LogP contribution in [-0.2, 0) is 4.74 Å². The van der Waals surface area contributed by atoms with Gasteiger partial charge in [-0.05, 0) is 43.0 Å². The number of hydrogen-bond donors (Lipinski definition) is 2. The Morgan fingerprint density at radius 3 is 2.70 bits per heavy atom. The van der Waals surface area contributed by atoms with Crippen molar-refractivity contribution in [2.45, 2.75) is 38.6 Å². The van der Waals surface area contributed by atoms with Crippen LogP contribution in [0.1, 0.15) is 42.3 Å². The van der Waals surface area contributed by atoms with Gasteiger partial charge >= 0.3 is 6.09 Å². The van der Waals surface area contributed by atoms with E-state index in [1.165, 1.54) is 18.2 Å². The van der Waals surface area contributed by atoms with Gasteiger partial charge < -0.3 is 20.7 Å². The fourth-order valence-electron chi connectivity index (χ4n) is 3.33. The number of carbonyl (C=O) groups excluding carboxylic acids is 2. The minimum absolute atomic E-state index is 0.221. The monoisotopic (exact) mass is 437 g/mol. The van der Waals surface area contributed by atoms with E-state index in [1.807, 2.05) is 6.92 Å². The van der Waals surface area contributed by atoms with Crippen LogP contribution in [0.15, 0.2) is 24.3 Å². The maximum absolute atomic E-state index is 13.5. The average Bonchev–Trinajstić information content (AvgIpc) is 3.09. The van der Waals surface area contributed by atoms with Gasteiger partial charge in [0.2, 0.25) is 0 Å². The molecule has 0 unspecified atom stereocenters. The van der Waals surface area contributed by atoms with E-state index in [9.17, 15) is 18.4 Å². The maximum Gasteiger partial charge on any atom is 0.409 e. The zero-order valence-corrected chi connectivity index (χ0v) is 17.6. The molecule has 0 spiro atoms. The Labute approximate surface area is 178 Å². The van der Waals surface area contributed by atoms with Crippen molar-refractivity contribution in [3.8, 4) is 10.4 Å². The second kappa shape index (κ2) is 9.88. The molecule has 162 valence electrons. The van der Waals surface area contributed by atoms with Gasteiger partial charge in [-0.15, -0.1) is 11.3 Å². The number of nitrogens with one attached hydrogen (secondary N) is 1. The van der Waals surface area contributed by atoms with Crippen LogP contribution in [-0.4, -0.2) is 42.6 Å². The van der Waals surface area contributed by atoms with Gasteiger partial charge in [-0.1, -0.05) is 13.3 Å². The summed E-state index contributed by atoms with van der Waals surface area (Å²) in [6.45, 7) is 3.36. The van der Waals surface area contributed by atoms with Crippen molar-refractivity contribution in [3.05, 3.63) is 40.8 Å². The summed E-state index contributed by atoms with van der Waals surface area (Å²) in [5, 5.41) is 2.91. The zero-order chi connectivity index (χ0) is 21.7. The summed E-state index contributed by atoms with van der Waals surface area (Å²) in [5.74, 6) is -1.76. The van der Waals surface area contributed by atoms with Gasteiger partial charge in [0.25, 0.3) is 5.91 Å². The predicted octanol–water partition coefficient (Wildman–Crippen LogP) is 4.41. The van der Waals surface area contributed by atoms with Crippen molar-refractivity contribution >= 4 is 29.0 Å². The third-order valence-corrected chi connectivity index (χ3v) is 6.05. The molecule has 1 aromatic heterocycles. The zero-order valence-electron chi connectivity index (χ0n) is 16.7. The normalized spacial score (nSPS) is 16.4. The van der Waals surface area contributed by atoms with Crippen LogP contribution in [0.4, 0.5) is 19.3 Å². The molecular formula is C21H25F2N3O3S. The lowest BCUT2D eigenvalue weighted by molar-refractivity contribution is 0.0798. The molecule has 1 saturated heterocycles. The number of halogens is 2. The van der Waals surface area contributed by atoms with E-state index in [4.69, 9.17) is 10.5 Å². The quantitative estimate of drug-likeness (QED) is 0.656. The Balaban J connectivity index is 1.64. The Bertz CT molecular complexity index is 899. The number of nitrogens with zero attached hydrogens (tertiary/aromatic N) is 1. The molecule has 6 nitrogen and oxygen atoms in total. The van der Waals surface area contributed by atoms with Gasteiger partial charge in [-0.3, -0.25) is 4.79 Å². The molecule has 1 aliphatic rings. The highest BCUT2D eigenvalue weighted by Gasteiger charge is 2.27. The fourth-order valence-corrected chi connectivity index (χ4v) is 4.30. The number of rotatable bonds is 6. The number of benzene rings is 1. The molecule has 0 aliphatic carbocycles. The average molecular weight is 438 g/mol. The van der Waals surface area contributed by atoms with Crippen LogP contribution in [0.3, 0.4) is 0 Å². The smallest absolute Gasteiger partial charge is 0.409 e. The van der Waals surface area contributed by atoms with Gasteiger partial charge in [0, 0.05) is 30.1 Å². The van der Waals surface area contributed by atoms with E-state index >= 15 is 0 Å². The first-order valence-corrected chi connectivity index (χ1v) is 10.8. The van der Waals surface area contributed by atoms with Gasteiger partial charge in [-0.2, -0.15) is 0 Å². The van der Waals surface area contributed by atoms with Gasteiger partial charge in [0.05, 0.1) is 12.3 Å².